The number of benzene rings is 2. The van der Waals surface area contributed by atoms with Crippen LogP contribution < -0.4 is 5.32 Å². The molecule has 6 heteroatoms. The molecule has 3 N–H and O–H groups in total. The molecule has 0 aliphatic heterocycles. The summed E-state index contributed by atoms with van der Waals surface area (Å²) >= 11 is 0. The minimum Gasteiger partial charge on any atom is -0.384 e. The maximum atomic E-state index is 13.2. The number of aromatic nitrogens is 1. The lowest BCUT2D eigenvalue weighted by Gasteiger charge is -2.24. The van der Waals surface area contributed by atoms with E-state index in [-0.39, 0.29) is 18.1 Å². The zero-order valence-corrected chi connectivity index (χ0v) is 12.9. The van der Waals surface area contributed by atoms with Gasteiger partial charge >= 0.3 is 0 Å². The first-order chi connectivity index (χ1) is 11.3. The summed E-state index contributed by atoms with van der Waals surface area (Å²) in [6, 6.07) is 11.2. The van der Waals surface area contributed by atoms with Crippen LogP contribution in [0.1, 0.15) is 23.0 Å². The summed E-state index contributed by atoms with van der Waals surface area (Å²) in [6.07, 6.45) is 0. The number of nitrogens with one attached hydrogen (secondary N) is 2. The van der Waals surface area contributed by atoms with E-state index in [4.69, 9.17) is 0 Å². The first-order valence-corrected chi connectivity index (χ1v) is 7.40. The quantitative estimate of drug-likeness (QED) is 0.688. The Labute approximate surface area is 137 Å². The third-order valence-electron chi connectivity index (χ3n) is 3.89. The lowest BCUT2D eigenvalue weighted by Crippen LogP contribution is -2.38. The van der Waals surface area contributed by atoms with E-state index in [0.717, 1.165) is 0 Å². The number of H-pyrrole nitrogens is 1. The molecule has 0 fully saturated rings. The Kier molecular flexibility index (Phi) is 4.07. The molecule has 0 spiro atoms. The van der Waals surface area contributed by atoms with Crippen molar-refractivity contribution in [3.8, 4) is 0 Å². The van der Waals surface area contributed by atoms with E-state index < -0.39 is 17.3 Å². The molecular formula is C18H16F2N2O2. The number of carbonyl (C=O) groups excluding carboxylic acids is 1. The van der Waals surface area contributed by atoms with Crippen LogP contribution in [-0.4, -0.2) is 22.5 Å². The average molecular weight is 330 g/mol. The molecular weight excluding hydrogens is 314 g/mol. The zero-order chi connectivity index (χ0) is 17.3. The number of hydrogen-bond donors (Lipinski definition) is 3. The number of rotatable bonds is 4. The fourth-order valence-electron chi connectivity index (χ4n) is 2.48. The van der Waals surface area contributed by atoms with Crippen molar-refractivity contribution in [2.24, 2.45) is 0 Å². The van der Waals surface area contributed by atoms with E-state index in [2.05, 4.69) is 10.3 Å². The van der Waals surface area contributed by atoms with Crippen molar-refractivity contribution >= 4 is 16.8 Å². The van der Waals surface area contributed by atoms with Gasteiger partial charge in [-0.3, -0.25) is 4.79 Å². The summed E-state index contributed by atoms with van der Waals surface area (Å²) in [6.45, 7) is 1.47. The van der Waals surface area contributed by atoms with Crippen molar-refractivity contribution in [3.63, 3.8) is 0 Å². The molecule has 2 aromatic carbocycles. The predicted octanol–water partition coefficient (Wildman–Crippen LogP) is 3.08. The normalized spacial score (nSPS) is 13.7. The number of fused-ring (bicyclic) bond motifs is 1. The van der Waals surface area contributed by atoms with Gasteiger partial charge in [0.1, 0.15) is 22.9 Å². The molecule has 24 heavy (non-hydrogen) atoms. The summed E-state index contributed by atoms with van der Waals surface area (Å²) in [7, 11) is 0. The second kappa shape index (κ2) is 6.05. The third-order valence-corrected chi connectivity index (χ3v) is 3.89. The molecule has 1 heterocycles. The van der Waals surface area contributed by atoms with E-state index in [1.807, 2.05) is 0 Å². The second-order valence-electron chi connectivity index (χ2n) is 5.88. The molecule has 3 aromatic rings. The van der Waals surface area contributed by atoms with E-state index in [0.29, 0.717) is 16.5 Å². The molecule has 1 amide bonds. The molecule has 124 valence electrons. The van der Waals surface area contributed by atoms with Crippen molar-refractivity contribution in [2.75, 3.05) is 6.54 Å². The molecule has 0 radical (unpaired) electrons. The van der Waals surface area contributed by atoms with Gasteiger partial charge in [0.15, 0.2) is 0 Å². The van der Waals surface area contributed by atoms with E-state index in [1.165, 1.54) is 43.3 Å². The van der Waals surface area contributed by atoms with Crippen molar-refractivity contribution in [2.45, 2.75) is 12.5 Å². The van der Waals surface area contributed by atoms with Crippen LogP contribution in [0.4, 0.5) is 8.78 Å². The smallest absolute Gasteiger partial charge is 0.267 e. The molecule has 0 saturated carbocycles. The Morgan fingerprint density at radius 1 is 1.12 bits per heavy atom. The van der Waals surface area contributed by atoms with Crippen LogP contribution in [-0.2, 0) is 5.60 Å². The Morgan fingerprint density at radius 3 is 2.50 bits per heavy atom. The molecule has 1 atom stereocenters. The van der Waals surface area contributed by atoms with Crippen LogP contribution in [0, 0.1) is 11.6 Å². The minimum atomic E-state index is -1.35. The number of halogens is 2. The highest BCUT2D eigenvalue weighted by Crippen LogP contribution is 2.21. The van der Waals surface area contributed by atoms with E-state index >= 15 is 0 Å². The largest absolute Gasteiger partial charge is 0.384 e. The fourth-order valence-corrected chi connectivity index (χ4v) is 2.48. The molecule has 4 nitrogen and oxygen atoms in total. The molecule has 0 aliphatic carbocycles. The van der Waals surface area contributed by atoms with Crippen LogP contribution in [0.15, 0.2) is 48.5 Å². The summed E-state index contributed by atoms with van der Waals surface area (Å²) in [5.41, 5.74) is 0.0573. The predicted molar refractivity (Wildman–Crippen MR) is 86.6 cm³/mol. The highest BCUT2D eigenvalue weighted by molar-refractivity contribution is 5.98. The Bertz CT molecular complexity index is 886. The molecule has 0 saturated heterocycles. The highest BCUT2D eigenvalue weighted by atomic mass is 19.1. The monoisotopic (exact) mass is 330 g/mol. The minimum absolute atomic E-state index is 0.0544. The van der Waals surface area contributed by atoms with Gasteiger partial charge in [-0.05, 0) is 48.9 Å². The lowest BCUT2D eigenvalue weighted by molar-refractivity contribution is 0.0524. The Balaban J connectivity index is 1.72. The second-order valence-corrected chi connectivity index (χ2v) is 5.88. The van der Waals surface area contributed by atoms with Gasteiger partial charge in [0, 0.05) is 10.9 Å². The van der Waals surface area contributed by atoms with Gasteiger partial charge < -0.3 is 15.4 Å². The van der Waals surface area contributed by atoms with Crippen LogP contribution >= 0.6 is 0 Å². The standard InChI is InChI=1S/C18H16F2N2O2/c1-18(24,12-2-4-13(19)5-3-12)10-21-17(23)16-9-11-8-14(20)6-7-15(11)22-16/h2-9,22,24H,10H2,1H3,(H,21,23). The van der Waals surface area contributed by atoms with Crippen molar-refractivity contribution in [1.29, 1.82) is 0 Å². The molecule has 0 aliphatic rings. The summed E-state index contributed by atoms with van der Waals surface area (Å²) in [4.78, 5) is 15.1. The van der Waals surface area contributed by atoms with Gasteiger partial charge in [-0.2, -0.15) is 0 Å². The average Bonchev–Trinajstić information content (AvgIpc) is 2.96. The first kappa shape index (κ1) is 16.1. The number of aliphatic hydroxyl groups is 1. The van der Waals surface area contributed by atoms with Crippen LogP contribution in [0.5, 0.6) is 0 Å². The van der Waals surface area contributed by atoms with E-state index in [1.54, 1.807) is 12.1 Å². The van der Waals surface area contributed by atoms with Crippen molar-refractivity contribution < 1.29 is 18.7 Å². The highest BCUT2D eigenvalue weighted by Gasteiger charge is 2.24. The van der Waals surface area contributed by atoms with E-state index in [9.17, 15) is 18.7 Å². The third kappa shape index (κ3) is 3.28. The Hall–Kier alpha value is -2.73. The van der Waals surface area contributed by atoms with Gasteiger partial charge in [0.2, 0.25) is 0 Å². The SMILES string of the molecule is CC(O)(CNC(=O)c1cc2cc(F)ccc2[nH]1)c1ccc(F)cc1. The summed E-state index contributed by atoms with van der Waals surface area (Å²) in [5, 5.41) is 13.7. The van der Waals surface area contributed by atoms with Crippen LogP contribution in [0.25, 0.3) is 10.9 Å². The summed E-state index contributed by atoms with van der Waals surface area (Å²) in [5.74, 6) is -1.20. The zero-order valence-electron chi connectivity index (χ0n) is 12.9. The van der Waals surface area contributed by atoms with Gasteiger partial charge in [0.05, 0.1) is 6.54 Å². The number of amides is 1. The van der Waals surface area contributed by atoms with Crippen LogP contribution in [0.3, 0.4) is 0 Å². The first-order valence-electron chi connectivity index (χ1n) is 7.40. The molecule has 1 unspecified atom stereocenters. The summed E-state index contributed by atoms with van der Waals surface area (Å²) < 4.78 is 26.2. The molecule has 1 aromatic heterocycles. The molecule has 3 rings (SSSR count). The van der Waals surface area contributed by atoms with Gasteiger partial charge in [-0.25, -0.2) is 8.78 Å². The fraction of sp³-hybridized carbons (Fsp3) is 0.167. The Morgan fingerprint density at radius 2 is 1.79 bits per heavy atom. The van der Waals surface area contributed by atoms with Gasteiger partial charge in [0.25, 0.3) is 5.91 Å². The maximum absolute atomic E-state index is 13.2. The molecule has 0 bridgehead atoms. The number of hydrogen-bond acceptors (Lipinski definition) is 2. The topological polar surface area (TPSA) is 65.1 Å². The van der Waals surface area contributed by atoms with Gasteiger partial charge in [-0.1, -0.05) is 12.1 Å². The van der Waals surface area contributed by atoms with Crippen molar-refractivity contribution in [3.05, 3.63) is 71.4 Å². The number of carbonyl (C=O) groups is 1. The lowest BCUT2D eigenvalue weighted by atomic mass is 9.96. The van der Waals surface area contributed by atoms with Crippen molar-refractivity contribution in [1.82, 2.24) is 10.3 Å². The van der Waals surface area contributed by atoms with Gasteiger partial charge in [-0.15, -0.1) is 0 Å². The maximum Gasteiger partial charge on any atom is 0.267 e. The number of aromatic amines is 1. The van der Waals surface area contributed by atoms with Crippen LogP contribution in [0.2, 0.25) is 0 Å².